The van der Waals surface area contributed by atoms with Gasteiger partial charge in [-0.2, -0.15) is 9.78 Å². The Hall–Kier alpha value is -4.39. The first-order valence-electron chi connectivity index (χ1n) is 9.07. The first kappa shape index (κ1) is 20.9. The van der Waals surface area contributed by atoms with Gasteiger partial charge in [-0.15, -0.1) is 9.78 Å². The molecule has 32 heavy (non-hydrogen) atoms. The highest BCUT2D eigenvalue weighted by Gasteiger charge is 2.14. The third kappa shape index (κ3) is 4.09. The van der Waals surface area contributed by atoms with Crippen LogP contribution in [0.2, 0.25) is 5.02 Å². The molecule has 0 saturated heterocycles. The van der Waals surface area contributed by atoms with Crippen molar-refractivity contribution in [3.05, 3.63) is 85.8 Å². The number of amides is 1. The van der Waals surface area contributed by atoms with Crippen LogP contribution in [0.5, 0.6) is 0 Å². The highest BCUT2D eigenvalue weighted by Crippen LogP contribution is 2.23. The van der Waals surface area contributed by atoms with Crippen molar-refractivity contribution < 1.29 is 9.72 Å². The fraction of sp³-hybridized carbons (Fsp3) is 0.111. The van der Waals surface area contributed by atoms with E-state index in [1.165, 1.54) is 33.8 Å². The van der Waals surface area contributed by atoms with E-state index < -0.39 is 16.6 Å². The van der Waals surface area contributed by atoms with Crippen LogP contribution in [-0.4, -0.2) is 45.5 Å². The van der Waals surface area contributed by atoms with E-state index in [-0.39, 0.29) is 17.3 Å². The maximum absolute atomic E-state index is 12.7. The number of hydrogen-bond donors (Lipinski definition) is 1. The zero-order chi connectivity index (χ0) is 22.8. The fourth-order valence-corrected chi connectivity index (χ4v) is 3.10. The zero-order valence-corrected chi connectivity index (χ0v) is 17.2. The van der Waals surface area contributed by atoms with Crippen molar-refractivity contribution in [2.75, 3.05) is 5.32 Å². The molecule has 0 bridgehead atoms. The number of rotatable bonds is 5. The van der Waals surface area contributed by atoms with Gasteiger partial charge >= 0.3 is 11.7 Å². The van der Waals surface area contributed by atoms with Crippen molar-refractivity contribution >= 4 is 29.0 Å². The van der Waals surface area contributed by atoms with E-state index in [0.29, 0.717) is 22.8 Å². The molecule has 14 heteroatoms. The van der Waals surface area contributed by atoms with Gasteiger partial charge in [-0.1, -0.05) is 11.6 Å². The van der Waals surface area contributed by atoms with Crippen molar-refractivity contribution in [2.24, 2.45) is 0 Å². The van der Waals surface area contributed by atoms with E-state index in [9.17, 15) is 19.7 Å². The number of aryl methyl sites for hydroxylation is 1. The number of benzene rings is 2. The molecule has 4 rings (SSSR count). The molecule has 4 aromatic rings. The number of carbonyl (C=O) groups excluding carboxylic acids is 1. The zero-order valence-electron chi connectivity index (χ0n) is 16.4. The molecule has 0 saturated carbocycles. The Morgan fingerprint density at radius 2 is 1.97 bits per heavy atom. The van der Waals surface area contributed by atoms with Crippen molar-refractivity contribution in [1.29, 1.82) is 0 Å². The van der Waals surface area contributed by atoms with Crippen LogP contribution < -0.4 is 11.0 Å². The number of halogens is 1. The minimum absolute atomic E-state index is 0.0924. The second-order valence-corrected chi connectivity index (χ2v) is 7.01. The number of carbonyl (C=O) groups is 1. The van der Waals surface area contributed by atoms with Gasteiger partial charge in [0.1, 0.15) is 6.33 Å². The minimum Gasteiger partial charge on any atom is -0.306 e. The first-order valence-corrected chi connectivity index (χ1v) is 9.45. The summed E-state index contributed by atoms with van der Waals surface area (Å²) in [5.74, 6) is 0.337. The van der Waals surface area contributed by atoms with Gasteiger partial charge in [-0.25, -0.2) is 9.59 Å². The average molecular weight is 456 g/mol. The van der Waals surface area contributed by atoms with Crippen molar-refractivity contribution in [1.82, 2.24) is 34.6 Å². The molecule has 1 N–H and O–H groups in total. The third-order valence-corrected chi connectivity index (χ3v) is 4.85. The Morgan fingerprint density at radius 1 is 1.22 bits per heavy atom. The fourth-order valence-electron chi connectivity index (χ4n) is 2.86. The van der Waals surface area contributed by atoms with Gasteiger partial charge in [0.15, 0.2) is 5.82 Å². The third-order valence-electron chi connectivity index (χ3n) is 4.50. The molecule has 0 radical (unpaired) electrons. The highest BCUT2D eigenvalue weighted by atomic mass is 35.5. The second kappa shape index (κ2) is 8.39. The van der Waals surface area contributed by atoms with E-state index in [2.05, 4.69) is 25.9 Å². The molecule has 1 amide bonds. The highest BCUT2D eigenvalue weighted by molar-refractivity contribution is 6.31. The molecular weight excluding hydrogens is 442 g/mol. The van der Waals surface area contributed by atoms with Crippen molar-refractivity contribution in [3.63, 3.8) is 0 Å². The van der Waals surface area contributed by atoms with Crippen LogP contribution >= 0.6 is 11.6 Å². The van der Waals surface area contributed by atoms with E-state index >= 15 is 0 Å². The largest absolute Gasteiger partial charge is 0.350 e. The van der Waals surface area contributed by atoms with Crippen LogP contribution in [0.3, 0.4) is 0 Å². The summed E-state index contributed by atoms with van der Waals surface area (Å²) in [4.78, 5) is 35.2. The molecule has 162 valence electrons. The van der Waals surface area contributed by atoms with E-state index in [1.807, 2.05) is 0 Å². The number of non-ortho nitro benzene ring substituents is 1. The second-order valence-electron chi connectivity index (χ2n) is 6.60. The average Bonchev–Trinajstić information content (AvgIpc) is 3.36. The standard InChI is InChI=1S/C18H14ClN9O4/c1-11-22-23-24-26(11)17(29)21-13-3-6-14(7-4-13)27-18(30)25(10-20-27)9-12-2-5-15(28(31)32)8-16(12)19/h2-8,10H,9H2,1H3,(H,21,29). The lowest BCUT2D eigenvalue weighted by molar-refractivity contribution is -0.384. The number of nitro benzene ring substituents is 1. The Bertz CT molecular complexity index is 1370. The molecule has 0 atom stereocenters. The Labute approximate surface area is 184 Å². The van der Waals surface area contributed by atoms with Gasteiger partial charge in [0, 0.05) is 17.8 Å². The summed E-state index contributed by atoms with van der Waals surface area (Å²) < 4.78 is 3.52. The Kier molecular flexibility index (Phi) is 5.47. The monoisotopic (exact) mass is 455 g/mol. The first-order chi connectivity index (χ1) is 15.3. The number of anilines is 1. The van der Waals surface area contributed by atoms with Crippen molar-refractivity contribution in [2.45, 2.75) is 13.5 Å². The van der Waals surface area contributed by atoms with E-state index in [0.717, 1.165) is 4.68 Å². The van der Waals surface area contributed by atoms with Gasteiger partial charge in [0.25, 0.3) is 5.69 Å². The number of nitro groups is 1. The number of hydrogen-bond acceptors (Lipinski definition) is 8. The van der Waals surface area contributed by atoms with Gasteiger partial charge < -0.3 is 5.32 Å². The molecule has 0 aliphatic heterocycles. The normalized spacial score (nSPS) is 10.8. The SMILES string of the molecule is Cc1nnnn1C(=O)Nc1ccc(-n2ncn(Cc3ccc([N+](=O)[O-])cc3Cl)c2=O)cc1. The minimum atomic E-state index is -0.546. The predicted octanol–water partition coefficient (Wildman–Crippen LogP) is 2.02. The molecule has 0 unspecified atom stereocenters. The molecule has 0 aliphatic carbocycles. The van der Waals surface area contributed by atoms with Crippen LogP contribution in [-0.2, 0) is 6.54 Å². The molecule has 2 heterocycles. The van der Waals surface area contributed by atoms with Gasteiger partial charge in [0.2, 0.25) is 0 Å². The molecule has 2 aromatic heterocycles. The molecule has 0 spiro atoms. The summed E-state index contributed by atoms with van der Waals surface area (Å²) in [6.07, 6.45) is 1.34. The number of tetrazole rings is 1. The number of nitrogens with zero attached hydrogens (tertiary/aromatic N) is 8. The lowest BCUT2D eigenvalue weighted by Crippen LogP contribution is -2.24. The van der Waals surface area contributed by atoms with E-state index in [1.54, 1.807) is 31.2 Å². The smallest absolute Gasteiger partial charge is 0.306 e. The Morgan fingerprint density at radius 3 is 2.59 bits per heavy atom. The van der Waals surface area contributed by atoms with Gasteiger partial charge in [-0.05, 0) is 53.2 Å². The molecule has 13 nitrogen and oxygen atoms in total. The van der Waals surface area contributed by atoms with Gasteiger partial charge in [-0.3, -0.25) is 14.7 Å². The van der Waals surface area contributed by atoms with Crippen LogP contribution in [0.4, 0.5) is 16.2 Å². The summed E-state index contributed by atoms with van der Waals surface area (Å²) in [6, 6.07) is 9.95. The van der Waals surface area contributed by atoms with Gasteiger partial charge in [0.05, 0.1) is 22.2 Å². The lowest BCUT2D eigenvalue weighted by Gasteiger charge is -2.06. The number of aromatic nitrogens is 7. The van der Waals surface area contributed by atoms with Crippen LogP contribution in [0.1, 0.15) is 11.4 Å². The molecule has 0 fully saturated rings. The lowest BCUT2D eigenvalue weighted by atomic mass is 10.2. The van der Waals surface area contributed by atoms with Crippen LogP contribution in [0, 0.1) is 17.0 Å². The van der Waals surface area contributed by atoms with E-state index in [4.69, 9.17) is 11.6 Å². The quantitative estimate of drug-likeness (QED) is 0.272. The Balaban J connectivity index is 1.51. The van der Waals surface area contributed by atoms with Crippen LogP contribution in [0.15, 0.2) is 53.6 Å². The molecular formula is C18H14ClN9O4. The number of nitrogens with one attached hydrogen (secondary N) is 1. The summed E-state index contributed by atoms with van der Waals surface area (Å²) in [7, 11) is 0. The predicted molar refractivity (Wildman–Crippen MR) is 112 cm³/mol. The maximum atomic E-state index is 12.7. The summed E-state index contributed by atoms with van der Waals surface area (Å²) in [5, 5.41) is 28.4. The topological polar surface area (TPSA) is 156 Å². The summed E-state index contributed by atoms with van der Waals surface area (Å²) in [6.45, 7) is 1.68. The summed E-state index contributed by atoms with van der Waals surface area (Å²) >= 11 is 6.11. The van der Waals surface area contributed by atoms with Crippen LogP contribution in [0.25, 0.3) is 5.69 Å². The molecule has 2 aromatic carbocycles. The maximum Gasteiger partial charge on any atom is 0.350 e. The summed E-state index contributed by atoms with van der Waals surface area (Å²) in [5.41, 5.74) is 0.915. The van der Waals surface area contributed by atoms with Crippen molar-refractivity contribution in [3.8, 4) is 5.69 Å². The molecule has 0 aliphatic rings.